The number of hydrogen-bond donors (Lipinski definition) is 1. The second-order valence-electron chi connectivity index (χ2n) is 4.40. The smallest absolute Gasteiger partial charge is 0.240 e. The standard InChI is InChI=1S/C12H16INO3S/c1-17-12-7-6-10(8-11(12)13)18(15,16)14-9-4-2-3-5-9/h6-9,14H,2-5H2,1H3. The van der Waals surface area contributed by atoms with Gasteiger partial charge in [-0.3, -0.25) is 0 Å². The van der Waals surface area contributed by atoms with E-state index < -0.39 is 10.0 Å². The Balaban J connectivity index is 2.21. The Hall–Kier alpha value is -0.340. The molecule has 0 atom stereocenters. The third-order valence-electron chi connectivity index (χ3n) is 3.11. The fraction of sp³-hybridized carbons (Fsp3) is 0.500. The monoisotopic (exact) mass is 381 g/mol. The van der Waals surface area contributed by atoms with Gasteiger partial charge < -0.3 is 4.74 Å². The lowest BCUT2D eigenvalue weighted by Gasteiger charge is -2.13. The van der Waals surface area contributed by atoms with Gasteiger partial charge in [-0.05, 0) is 53.6 Å². The largest absolute Gasteiger partial charge is 0.496 e. The summed E-state index contributed by atoms with van der Waals surface area (Å²) in [5, 5.41) is 0. The van der Waals surface area contributed by atoms with Gasteiger partial charge in [-0.1, -0.05) is 12.8 Å². The van der Waals surface area contributed by atoms with Crippen LogP contribution >= 0.6 is 22.6 Å². The first-order valence-corrected chi connectivity index (χ1v) is 8.45. The number of methoxy groups -OCH3 is 1. The zero-order valence-corrected chi connectivity index (χ0v) is 13.1. The van der Waals surface area contributed by atoms with Gasteiger partial charge in [-0.15, -0.1) is 0 Å². The summed E-state index contributed by atoms with van der Waals surface area (Å²) in [6, 6.07) is 5.00. The van der Waals surface area contributed by atoms with Crippen LogP contribution in [0.15, 0.2) is 23.1 Å². The van der Waals surface area contributed by atoms with Crippen LogP contribution in [0.4, 0.5) is 0 Å². The van der Waals surface area contributed by atoms with Crippen molar-refractivity contribution in [1.29, 1.82) is 0 Å². The summed E-state index contributed by atoms with van der Waals surface area (Å²) in [7, 11) is -1.83. The Kier molecular flexibility index (Phi) is 4.50. The number of hydrogen-bond acceptors (Lipinski definition) is 3. The summed E-state index contributed by atoms with van der Waals surface area (Å²) in [4.78, 5) is 0.305. The van der Waals surface area contributed by atoms with Gasteiger partial charge in [0, 0.05) is 6.04 Å². The fourth-order valence-corrected chi connectivity index (χ4v) is 4.42. The lowest BCUT2D eigenvalue weighted by atomic mass is 10.3. The molecule has 1 aromatic rings. The molecule has 0 amide bonds. The predicted molar refractivity (Wildman–Crippen MR) is 78.3 cm³/mol. The molecule has 2 rings (SSSR count). The maximum absolute atomic E-state index is 12.2. The molecule has 1 saturated carbocycles. The summed E-state index contributed by atoms with van der Waals surface area (Å²) in [6.07, 6.45) is 4.08. The molecule has 0 spiro atoms. The summed E-state index contributed by atoms with van der Waals surface area (Å²) in [5.74, 6) is 0.690. The van der Waals surface area contributed by atoms with E-state index in [2.05, 4.69) is 27.3 Å². The maximum Gasteiger partial charge on any atom is 0.240 e. The van der Waals surface area contributed by atoms with Crippen LogP contribution in [0.25, 0.3) is 0 Å². The quantitative estimate of drug-likeness (QED) is 0.816. The minimum absolute atomic E-state index is 0.0924. The van der Waals surface area contributed by atoms with E-state index in [9.17, 15) is 8.42 Å². The molecule has 18 heavy (non-hydrogen) atoms. The van der Waals surface area contributed by atoms with E-state index >= 15 is 0 Å². The third kappa shape index (κ3) is 3.16. The zero-order chi connectivity index (χ0) is 13.2. The van der Waals surface area contributed by atoms with Crippen molar-refractivity contribution in [3.63, 3.8) is 0 Å². The number of nitrogens with one attached hydrogen (secondary N) is 1. The molecular formula is C12H16INO3S. The van der Waals surface area contributed by atoms with Crippen molar-refractivity contribution in [1.82, 2.24) is 4.72 Å². The average Bonchev–Trinajstić information content (AvgIpc) is 2.81. The van der Waals surface area contributed by atoms with E-state index in [1.165, 1.54) is 0 Å². The zero-order valence-electron chi connectivity index (χ0n) is 10.1. The van der Waals surface area contributed by atoms with E-state index in [0.717, 1.165) is 29.3 Å². The Bertz CT molecular complexity index is 524. The normalized spacial score (nSPS) is 17.0. The van der Waals surface area contributed by atoms with Crippen LogP contribution in [0, 0.1) is 3.57 Å². The van der Waals surface area contributed by atoms with Crippen molar-refractivity contribution in [2.24, 2.45) is 0 Å². The van der Waals surface area contributed by atoms with Crippen LogP contribution in [-0.2, 0) is 10.0 Å². The van der Waals surface area contributed by atoms with Gasteiger partial charge in [0.2, 0.25) is 10.0 Å². The van der Waals surface area contributed by atoms with E-state index in [-0.39, 0.29) is 6.04 Å². The lowest BCUT2D eigenvalue weighted by Crippen LogP contribution is -2.32. The van der Waals surface area contributed by atoms with Gasteiger partial charge in [0.25, 0.3) is 0 Å². The van der Waals surface area contributed by atoms with E-state index in [4.69, 9.17) is 4.74 Å². The molecule has 0 unspecified atom stereocenters. The van der Waals surface area contributed by atoms with E-state index in [1.807, 2.05) is 0 Å². The lowest BCUT2D eigenvalue weighted by molar-refractivity contribution is 0.411. The molecule has 6 heteroatoms. The number of sulfonamides is 1. The fourth-order valence-electron chi connectivity index (χ4n) is 2.15. The number of halogens is 1. The number of ether oxygens (including phenoxy) is 1. The molecule has 1 aliphatic carbocycles. The van der Waals surface area contributed by atoms with Crippen molar-refractivity contribution in [3.05, 3.63) is 21.8 Å². The number of benzene rings is 1. The van der Waals surface area contributed by atoms with Crippen LogP contribution in [0.3, 0.4) is 0 Å². The summed E-state index contributed by atoms with van der Waals surface area (Å²) in [6.45, 7) is 0. The minimum Gasteiger partial charge on any atom is -0.496 e. The van der Waals surface area contributed by atoms with Gasteiger partial charge in [-0.25, -0.2) is 13.1 Å². The highest BCUT2D eigenvalue weighted by atomic mass is 127. The molecule has 0 radical (unpaired) electrons. The molecule has 100 valence electrons. The first-order chi connectivity index (χ1) is 8.53. The molecule has 0 bridgehead atoms. The Morgan fingerprint density at radius 2 is 2.00 bits per heavy atom. The molecule has 0 aromatic heterocycles. The van der Waals surface area contributed by atoms with Gasteiger partial charge in [0.15, 0.2) is 0 Å². The summed E-state index contributed by atoms with van der Waals surface area (Å²) >= 11 is 2.07. The van der Waals surface area contributed by atoms with Gasteiger partial charge in [0.05, 0.1) is 15.6 Å². The average molecular weight is 381 g/mol. The van der Waals surface area contributed by atoms with Gasteiger partial charge in [-0.2, -0.15) is 0 Å². The SMILES string of the molecule is COc1ccc(S(=O)(=O)NC2CCCC2)cc1I. The van der Waals surface area contributed by atoms with Crippen molar-refractivity contribution in [2.45, 2.75) is 36.6 Å². The first kappa shape index (κ1) is 14.1. The van der Waals surface area contributed by atoms with E-state index in [0.29, 0.717) is 10.6 Å². The van der Waals surface area contributed by atoms with Crippen molar-refractivity contribution in [3.8, 4) is 5.75 Å². The highest BCUT2D eigenvalue weighted by molar-refractivity contribution is 14.1. The Morgan fingerprint density at radius 3 is 2.56 bits per heavy atom. The molecule has 4 nitrogen and oxygen atoms in total. The number of rotatable bonds is 4. The molecular weight excluding hydrogens is 365 g/mol. The highest BCUT2D eigenvalue weighted by Gasteiger charge is 2.23. The van der Waals surface area contributed by atoms with E-state index in [1.54, 1.807) is 25.3 Å². The first-order valence-electron chi connectivity index (χ1n) is 5.89. The molecule has 0 heterocycles. The molecule has 0 aliphatic heterocycles. The van der Waals surface area contributed by atoms with Crippen LogP contribution in [-0.4, -0.2) is 21.6 Å². The minimum atomic E-state index is -3.40. The molecule has 1 aliphatic rings. The molecule has 1 fully saturated rings. The van der Waals surface area contributed by atoms with Gasteiger partial charge in [0.1, 0.15) is 5.75 Å². The van der Waals surface area contributed by atoms with Crippen LogP contribution in [0.2, 0.25) is 0 Å². The van der Waals surface area contributed by atoms with Crippen molar-refractivity contribution in [2.75, 3.05) is 7.11 Å². The molecule has 0 saturated heterocycles. The van der Waals surface area contributed by atoms with Crippen LogP contribution < -0.4 is 9.46 Å². The summed E-state index contributed by atoms with van der Waals surface area (Å²) in [5.41, 5.74) is 0. The Labute approximate surface area is 121 Å². The second-order valence-corrected chi connectivity index (χ2v) is 7.28. The predicted octanol–water partition coefficient (Wildman–Crippen LogP) is 2.52. The highest BCUT2D eigenvalue weighted by Crippen LogP contribution is 2.25. The molecule has 1 aromatic carbocycles. The maximum atomic E-state index is 12.2. The summed E-state index contributed by atoms with van der Waals surface area (Å²) < 4.78 is 33.1. The third-order valence-corrected chi connectivity index (χ3v) is 5.47. The topological polar surface area (TPSA) is 55.4 Å². The second kappa shape index (κ2) is 5.75. The van der Waals surface area contributed by atoms with Crippen molar-refractivity contribution < 1.29 is 13.2 Å². The Morgan fingerprint density at radius 1 is 1.33 bits per heavy atom. The van der Waals surface area contributed by atoms with Crippen LogP contribution in [0.5, 0.6) is 5.75 Å². The molecule has 1 N–H and O–H groups in total. The van der Waals surface area contributed by atoms with Crippen LogP contribution in [0.1, 0.15) is 25.7 Å². The van der Waals surface area contributed by atoms with Crippen molar-refractivity contribution >= 4 is 32.6 Å². The van der Waals surface area contributed by atoms with Gasteiger partial charge >= 0.3 is 0 Å².